The van der Waals surface area contributed by atoms with E-state index in [0.717, 1.165) is 4.90 Å². The fraction of sp³-hybridized carbons (Fsp3) is 0.857. The number of amides is 1. The Morgan fingerprint density at radius 3 is 2.00 bits per heavy atom. The first kappa shape index (κ1) is 12.2. The summed E-state index contributed by atoms with van der Waals surface area (Å²) in [5.41, 5.74) is 0. The van der Waals surface area contributed by atoms with Crippen molar-refractivity contribution < 1.29 is 23.1 Å². The molecule has 3 nitrogen and oxygen atoms in total. The summed E-state index contributed by atoms with van der Waals surface area (Å²) in [5.74, 6) is -1.33. The fourth-order valence-electron chi connectivity index (χ4n) is 0.587. The van der Waals surface area contributed by atoms with Crippen molar-refractivity contribution in [2.75, 3.05) is 7.05 Å². The number of carbonyl (C=O) groups is 1. The molecule has 0 aliphatic rings. The number of likely N-dealkylation sites (N-methyl/N-ethyl adjacent to an activating group) is 1. The lowest BCUT2D eigenvalue weighted by molar-refractivity contribution is -0.210. The Morgan fingerprint density at radius 1 is 1.38 bits per heavy atom. The molecule has 0 aliphatic heterocycles. The van der Waals surface area contributed by atoms with E-state index in [9.17, 15) is 18.0 Å². The van der Waals surface area contributed by atoms with Crippen LogP contribution < -0.4 is 0 Å². The molecule has 0 aromatic carbocycles. The maximum atomic E-state index is 11.8. The molecule has 1 atom stereocenters. The van der Waals surface area contributed by atoms with Crippen molar-refractivity contribution >= 4 is 5.91 Å². The van der Waals surface area contributed by atoms with E-state index < -0.39 is 18.2 Å². The summed E-state index contributed by atoms with van der Waals surface area (Å²) in [7, 11) is 1.21. The molecular weight excluding hydrogens is 187 g/mol. The van der Waals surface area contributed by atoms with Crippen molar-refractivity contribution in [3.63, 3.8) is 0 Å². The molecule has 0 bridgehead atoms. The standard InChI is InChI=1S/C7H12F3NO2/c1-4(2)11(3)6(13)5(12)7(8,9)10/h4-5,12H,1-3H3/t5-/m1/s1. The van der Waals surface area contributed by atoms with Gasteiger partial charge in [-0.1, -0.05) is 0 Å². The van der Waals surface area contributed by atoms with Crippen LogP contribution in [0.5, 0.6) is 0 Å². The van der Waals surface area contributed by atoms with E-state index in [-0.39, 0.29) is 6.04 Å². The molecule has 0 spiro atoms. The summed E-state index contributed by atoms with van der Waals surface area (Å²) in [6.07, 6.45) is -7.81. The van der Waals surface area contributed by atoms with Crippen LogP contribution in [0.25, 0.3) is 0 Å². The maximum Gasteiger partial charge on any atom is 0.423 e. The summed E-state index contributed by atoms with van der Waals surface area (Å²) in [6, 6.07) is -0.371. The second-order valence-corrected chi connectivity index (χ2v) is 2.99. The Labute approximate surface area is 74.1 Å². The molecule has 6 heteroatoms. The van der Waals surface area contributed by atoms with Gasteiger partial charge in [0.05, 0.1) is 0 Å². The molecule has 13 heavy (non-hydrogen) atoms. The van der Waals surface area contributed by atoms with E-state index in [2.05, 4.69) is 0 Å². The van der Waals surface area contributed by atoms with Crippen LogP contribution in [0.4, 0.5) is 13.2 Å². The van der Waals surface area contributed by atoms with Crippen LogP contribution in [0.2, 0.25) is 0 Å². The van der Waals surface area contributed by atoms with Crippen LogP contribution >= 0.6 is 0 Å². The van der Waals surface area contributed by atoms with Crippen molar-refractivity contribution in [2.24, 2.45) is 0 Å². The van der Waals surface area contributed by atoms with Gasteiger partial charge < -0.3 is 10.0 Å². The van der Waals surface area contributed by atoms with Gasteiger partial charge >= 0.3 is 6.18 Å². The SMILES string of the molecule is CC(C)N(C)C(=O)[C@@H](O)C(F)(F)F. The third-order valence-corrected chi connectivity index (χ3v) is 1.67. The van der Waals surface area contributed by atoms with Crippen LogP contribution in [0.15, 0.2) is 0 Å². The molecule has 0 aromatic rings. The Bertz CT molecular complexity index is 191. The highest BCUT2D eigenvalue weighted by Gasteiger charge is 2.45. The first-order valence-corrected chi connectivity index (χ1v) is 3.69. The Morgan fingerprint density at radius 2 is 1.77 bits per heavy atom. The largest absolute Gasteiger partial charge is 0.423 e. The molecule has 0 heterocycles. The highest BCUT2D eigenvalue weighted by Crippen LogP contribution is 2.21. The molecule has 0 aliphatic carbocycles. The second-order valence-electron chi connectivity index (χ2n) is 2.99. The van der Waals surface area contributed by atoms with E-state index in [1.165, 1.54) is 7.05 Å². The van der Waals surface area contributed by atoms with Crippen LogP contribution in [0.1, 0.15) is 13.8 Å². The molecule has 1 amide bonds. The van der Waals surface area contributed by atoms with Gasteiger partial charge in [0.25, 0.3) is 5.91 Å². The zero-order valence-electron chi connectivity index (χ0n) is 7.59. The van der Waals surface area contributed by atoms with E-state index in [0.29, 0.717) is 0 Å². The molecule has 0 unspecified atom stereocenters. The van der Waals surface area contributed by atoms with Gasteiger partial charge in [-0.05, 0) is 13.8 Å². The van der Waals surface area contributed by atoms with Crippen molar-refractivity contribution in [3.05, 3.63) is 0 Å². The molecular formula is C7H12F3NO2. The number of hydrogen-bond acceptors (Lipinski definition) is 2. The summed E-state index contributed by atoms with van der Waals surface area (Å²) in [6.45, 7) is 3.11. The average molecular weight is 199 g/mol. The van der Waals surface area contributed by atoms with E-state index in [1.54, 1.807) is 13.8 Å². The number of nitrogens with zero attached hydrogens (tertiary/aromatic N) is 1. The Balaban J connectivity index is 4.44. The summed E-state index contributed by atoms with van der Waals surface area (Å²) >= 11 is 0. The highest BCUT2D eigenvalue weighted by atomic mass is 19.4. The van der Waals surface area contributed by atoms with Crippen LogP contribution in [0.3, 0.4) is 0 Å². The van der Waals surface area contributed by atoms with Gasteiger partial charge in [0, 0.05) is 13.1 Å². The molecule has 0 saturated carbocycles. The molecule has 0 rings (SSSR count). The summed E-state index contributed by atoms with van der Waals surface area (Å²) in [4.78, 5) is 11.7. The number of alkyl halides is 3. The van der Waals surface area contributed by atoms with Gasteiger partial charge in [-0.3, -0.25) is 4.79 Å². The van der Waals surface area contributed by atoms with Gasteiger partial charge in [0.15, 0.2) is 0 Å². The third-order valence-electron chi connectivity index (χ3n) is 1.67. The van der Waals surface area contributed by atoms with Gasteiger partial charge in [-0.25, -0.2) is 0 Å². The number of halogens is 3. The lowest BCUT2D eigenvalue weighted by atomic mass is 10.2. The van der Waals surface area contributed by atoms with Gasteiger partial charge in [-0.15, -0.1) is 0 Å². The second kappa shape index (κ2) is 3.95. The average Bonchev–Trinajstić information content (AvgIpc) is 1.98. The number of aliphatic hydroxyl groups is 1. The molecule has 0 fully saturated rings. The minimum Gasteiger partial charge on any atom is -0.376 e. The Hall–Kier alpha value is -0.780. The monoisotopic (exact) mass is 199 g/mol. The van der Waals surface area contributed by atoms with Gasteiger partial charge in [0.2, 0.25) is 6.10 Å². The quantitative estimate of drug-likeness (QED) is 0.713. The number of carbonyl (C=O) groups excluding carboxylic acids is 1. The number of aliphatic hydroxyl groups excluding tert-OH is 1. The van der Waals surface area contributed by atoms with Crippen LogP contribution in [-0.4, -0.2) is 41.3 Å². The third kappa shape index (κ3) is 3.22. The smallest absolute Gasteiger partial charge is 0.376 e. The summed E-state index contributed by atoms with van der Waals surface area (Å²) < 4.78 is 35.5. The first-order chi connectivity index (χ1) is 5.68. The van der Waals surface area contributed by atoms with Crippen LogP contribution in [-0.2, 0) is 4.79 Å². The van der Waals surface area contributed by atoms with E-state index in [1.807, 2.05) is 0 Å². The van der Waals surface area contributed by atoms with Crippen molar-refractivity contribution in [3.8, 4) is 0 Å². The zero-order chi connectivity index (χ0) is 10.8. The summed E-state index contributed by atoms with van der Waals surface area (Å²) in [5, 5.41) is 8.56. The van der Waals surface area contributed by atoms with E-state index in [4.69, 9.17) is 5.11 Å². The number of rotatable bonds is 2. The Kier molecular flexibility index (Phi) is 3.71. The van der Waals surface area contributed by atoms with Crippen LogP contribution in [0, 0.1) is 0 Å². The lowest BCUT2D eigenvalue weighted by Crippen LogP contribution is -2.47. The molecule has 0 aromatic heterocycles. The normalized spacial score (nSPS) is 14.5. The predicted molar refractivity (Wildman–Crippen MR) is 40.0 cm³/mol. The van der Waals surface area contributed by atoms with Gasteiger partial charge in [0.1, 0.15) is 0 Å². The highest BCUT2D eigenvalue weighted by molar-refractivity contribution is 5.81. The molecule has 1 N–H and O–H groups in total. The first-order valence-electron chi connectivity index (χ1n) is 3.69. The van der Waals surface area contributed by atoms with Gasteiger partial charge in [-0.2, -0.15) is 13.2 Å². The minimum absolute atomic E-state index is 0.371. The maximum absolute atomic E-state index is 11.8. The van der Waals surface area contributed by atoms with Crippen molar-refractivity contribution in [2.45, 2.75) is 32.2 Å². The minimum atomic E-state index is -4.89. The predicted octanol–water partition coefficient (Wildman–Crippen LogP) is 0.776. The fourth-order valence-corrected chi connectivity index (χ4v) is 0.587. The molecule has 0 saturated heterocycles. The lowest BCUT2D eigenvalue weighted by Gasteiger charge is -2.25. The topological polar surface area (TPSA) is 40.5 Å². The van der Waals surface area contributed by atoms with Crippen molar-refractivity contribution in [1.29, 1.82) is 0 Å². The zero-order valence-corrected chi connectivity index (χ0v) is 7.59. The van der Waals surface area contributed by atoms with E-state index >= 15 is 0 Å². The van der Waals surface area contributed by atoms with Crippen molar-refractivity contribution in [1.82, 2.24) is 4.90 Å². The number of hydrogen-bond donors (Lipinski definition) is 1. The molecule has 78 valence electrons. The molecule has 0 radical (unpaired) electrons.